The van der Waals surface area contributed by atoms with Gasteiger partial charge in [0.2, 0.25) is 5.82 Å². The fraction of sp³-hybridized carbons (Fsp3) is 0.0769. The van der Waals surface area contributed by atoms with Gasteiger partial charge in [-0.2, -0.15) is 0 Å². The number of nitro groups is 1. The molecular formula is C13H11N3O4S. The molecule has 0 amide bonds. The van der Waals surface area contributed by atoms with Crippen LogP contribution in [-0.4, -0.2) is 27.2 Å². The van der Waals surface area contributed by atoms with Gasteiger partial charge in [0.05, 0.1) is 10.5 Å². The van der Waals surface area contributed by atoms with Crippen LogP contribution in [0.5, 0.6) is 0 Å². The van der Waals surface area contributed by atoms with Crippen LogP contribution in [0.2, 0.25) is 0 Å². The average Bonchev–Trinajstić information content (AvgIpc) is 2.47. The molecule has 1 aromatic heterocycles. The number of carbonyl (C=O) groups is 1. The zero-order valence-corrected chi connectivity index (χ0v) is 11.8. The molecule has 0 bridgehead atoms. The molecule has 0 saturated carbocycles. The Morgan fingerprint density at radius 2 is 2.19 bits per heavy atom. The Morgan fingerprint density at radius 3 is 2.81 bits per heavy atom. The Labute approximate surface area is 124 Å². The second-order valence-electron chi connectivity index (χ2n) is 4.01. The van der Waals surface area contributed by atoms with Gasteiger partial charge >= 0.3 is 11.7 Å². The fourth-order valence-corrected chi connectivity index (χ4v) is 2.10. The number of carboxylic acids is 1. The first-order valence-corrected chi connectivity index (χ1v) is 7.02. The van der Waals surface area contributed by atoms with E-state index in [0.717, 1.165) is 17.2 Å². The molecule has 7 nitrogen and oxygen atoms in total. The van der Waals surface area contributed by atoms with Crippen LogP contribution in [0.4, 0.5) is 17.2 Å². The lowest BCUT2D eigenvalue weighted by atomic mass is 10.2. The molecule has 21 heavy (non-hydrogen) atoms. The van der Waals surface area contributed by atoms with Crippen molar-refractivity contribution in [1.82, 2.24) is 4.98 Å². The number of nitrogens with one attached hydrogen (secondary N) is 1. The zero-order valence-electron chi connectivity index (χ0n) is 10.9. The highest BCUT2D eigenvalue weighted by atomic mass is 32.2. The summed E-state index contributed by atoms with van der Waals surface area (Å²) in [4.78, 5) is 26.0. The Bertz CT molecular complexity index is 706. The summed E-state index contributed by atoms with van der Waals surface area (Å²) in [6, 6.07) is 8.27. The first-order valence-electron chi connectivity index (χ1n) is 5.80. The number of benzene rings is 1. The number of anilines is 2. The van der Waals surface area contributed by atoms with E-state index in [9.17, 15) is 14.9 Å². The van der Waals surface area contributed by atoms with Gasteiger partial charge in [-0.1, -0.05) is 6.07 Å². The highest BCUT2D eigenvalue weighted by Crippen LogP contribution is 2.27. The maximum atomic E-state index is 11.0. The van der Waals surface area contributed by atoms with Crippen LogP contribution in [0.25, 0.3) is 0 Å². The maximum absolute atomic E-state index is 11.0. The van der Waals surface area contributed by atoms with Crippen LogP contribution < -0.4 is 5.32 Å². The molecule has 0 atom stereocenters. The summed E-state index contributed by atoms with van der Waals surface area (Å²) in [6.07, 6.45) is 3.00. The van der Waals surface area contributed by atoms with Gasteiger partial charge in [0, 0.05) is 22.8 Å². The minimum Gasteiger partial charge on any atom is -0.478 e. The van der Waals surface area contributed by atoms with E-state index in [1.807, 2.05) is 24.5 Å². The number of nitrogens with zero attached hydrogens (tertiary/aromatic N) is 2. The lowest BCUT2D eigenvalue weighted by Crippen LogP contribution is -2.04. The predicted molar refractivity (Wildman–Crippen MR) is 79.4 cm³/mol. The largest absolute Gasteiger partial charge is 0.478 e. The topological polar surface area (TPSA) is 105 Å². The molecule has 2 aromatic rings. The fourth-order valence-electron chi connectivity index (χ4n) is 1.64. The van der Waals surface area contributed by atoms with Crippen molar-refractivity contribution < 1.29 is 14.8 Å². The minimum atomic E-state index is -1.26. The van der Waals surface area contributed by atoms with E-state index in [1.165, 1.54) is 11.8 Å². The summed E-state index contributed by atoms with van der Waals surface area (Å²) >= 11 is 1.54. The van der Waals surface area contributed by atoms with Gasteiger partial charge in [-0.15, -0.1) is 11.8 Å². The van der Waals surface area contributed by atoms with E-state index in [1.54, 1.807) is 6.07 Å². The van der Waals surface area contributed by atoms with Crippen LogP contribution in [0.15, 0.2) is 41.4 Å². The maximum Gasteiger partial charge on any atom is 0.337 e. The van der Waals surface area contributed by atoms with Gasteiger partial charge in [0.15, 0.2) is 0 Å². The van der Waals surface area contributed by atoms with Gasteiger partial charge in [0.1, 0.15) is 0 Å². The van der Waals surface area contributed by atoms with E-state index < -0.39 is 10.9 Å². The smallest absolute Gasteiger partial charge is 0.337 e. The van der Waals surface area contributed by atoms with Crippen LogP contribution >= 0.6 is 11.8 Å². The van der Waals surface area contributed by atoms with Gasteiger partial charge in [-0.05, 0) is 24.5 Å². The summed E-state index contributed by atoms with van der Waals surface area (Å²) in [5, 5.41) is 22.7. The van der Waals surface area contributed by atoms with Crippen LogP contribution in [-0.2, 0) is 0 Å². The second kappa shape index (κ2) is 6.23. The third kappa shape index (κ3) is 3.48. The molecule has 2 rings (SSSR count). The van der Waals surface area contributed by atoms with Gasteiger partial charge in [-0.25, -0.2) is 9.78 Å². The molecule has 1 heterocycles. The molecule has 8 heteroatoms. The number of carboxylic acid groups (broad SMARTS) is 1. The van der Waals surface area contributed by atoms with E-state index in [0.29, 0.717) is 5.69 Å². The third-order valence-electron chi connectivity index (χ3n) is 2.64. The molecule has 0 aliphatic rings. The number of aromatic nitrogens is 1. The molecule has 2 N–H and O–H groups in total. The number of pyridine rings is 1. The van der Waals surface area contributed by atoms with Crippen molar-refractivity contribution in [3.05, 3.63) is 52.2 Å². The molecule has 108 valence electrons. The SMILES string of the molecule is CSc1cccc(Nc2ncc(C(=O)O)cc2[N+](=O)[O-])c1. The normalized spacial score (nSPS) is 10.1. The van der Waals surface area contributed by atoms with Crippen molar-refractivity contribution in [1.29, 1.82) is 0 Å². The molecule has 0 fully saturated rings. The van der Waals surface area contributed by atoms with Crippen molar-refractivity contribution in [2.45, 2.75) is 4.90 Å². The highest BCUT2D eigenvalue weighted by molar-refractivity contribution is 7.98. The quantitative estimate of drug-likeness (QED) is 0.496. The molecule has 0 aliphatic carbocycles. The van der Waals surface area contributed by atoms with Gasteiger partial charge in [-0.3, -0.25) is 10.1 Å². The van der Waals surface area contributed by atoms with E-state index in [4.69, 9.17) is 5.11 Å². The monoisotopic (exact) mass is 305 g/mol. The first kappa shape index (κ1) is 14.8. The minimum absolute atomic E-state index is 0.00301. The number of aromatic carboxylic acids is 1. The number of rotatable bonds is 5. The number of hydrogen-bond acceptors (Lipinski definition) is 6. The molecule has 1 aromatic carbocycles. The van der Waals surface area contributed by atoms with Crippen molar-refractivity contribution in [3.8, 4) is 0 Å². The summed E-state index contributed by atoms with van der Waals surface area (Å²) in [7, 11) is 0. The van der Waals surface area contributed by atoms with E-state index >= 15 is 0 Å². The lowest BCUT2D eigenvalue weighted by molar-refractivity contribution is -0.384. The Hall–Kier alpha value is -2.61. The van der Waals surface area contributed by atoms with Crippen molar-refractivity contribution in [2.24, 2.45) is 0 Å². The van der Waals surface area contributed by atoms with Crippen LogP contribution in [0, 0.1) is 10.1 Å². The lowest BCUT2D eigenvalue weighted by Gasteiger charge is -2.07. The summed E-state index contributed by atoms with van der Waals surface area (Å²) in [5.74, 6) is -1.26. The zero-order chi connectivity index (χ0) is 15.4. The number of hydrogen-bond donors (Lipinski definition) is 2. The first-order chi connectivity index (χ1) is 10.0. The summed E-state index contributed by atoms with van der Waals surface area (Å²) < 4.78 is 0. The highest BCUT2D eigenvalue weighted by Gasteiger charge is 2.19. The van der Waals surface area contributed by atoms with E-state index in [-0.39, 0.29) is 17.1 Å². The molecule has 0 saturated heterocycles. The Kier molecular flexibility index (Phi) is 4.39. The standard InChI is InChI=1S/C13H11N3O4S/c1-21-10-4-2-3-9(6-10)15-12-11(16(19)20)5-8(7-14-12)13(17)18/h2-7H,1H3,(H,14,15)(H,17,18). The van der Waals surface area contributed by atoms with Crippen molar-refractivity contribution in [3.63, 3.8) is 0 Å². The molecule has 0 radical (unpaired) electrons. The van der Waals surface area contributed by atoms with Crippen LogP contribution in [0.1, 0.15) is 10.4 Å². The third-order valence-corrected chi connectivity index (χ3v) is 3.37. The summed E-state index contributed by atoms with van der Waals surface area (Å²) in [6.45, 7) is 0. The number of thioether (sulfide) groups is 1. The molecule has 0 unspecified atom stereocenters. The average molecular weight is 305 g/mol. The van der Waals surface area contributed by atoms with Crippen molar-refractivity contribution in [2.75, 3.05) is 11.6 Å². The predicted octanol–water partition coefficient (Wildman–Crippen LogP) is 3.15. The van der Waals surface area contributed by atoms with Gasteiger partial charge in [0.25, 0.3) is 0 Å². The molecule has 0 aliphatic heterocycles. The Balaban J connectivity index is 2.38. The van der Waals surface area contributed by atoms with Crippen LogP contribution in [0.3, 0.4) is 0 Å². The molecule has 0 spiro atoms. The second-order valence-corrected chi connectivity index (χ2v) is 4.89. The summed E-state index contributed by atoms with van der Waals surface area (Å²) in [5.41, 5.74) is 0.0232. The Morgan fingerprint density at radius 1 is 1.43 bits per heavy atom. The van der Waals surface area contributed by atoms with Crippen molar-refractivity contribution >= 4 is 34.9 Å². The van der Waals surface area contributed by atoms with E-state index in [2.05, 4.69) is 10.3 Å². The molecular weight excluding hydrogens is 294 g/mol. The van der Waals surface area contributed by atoms with Gasteiger partial charge < -0.3 is 10.4 Å².